The molecule has 0 radical (unpaired) electrons. The molecule has 2 heterocycles. The fraction of sp³-hybridized carbons (Fsp3) is 0.640. The number of ether oxygens (including phenoxy) is 1. The van der Waals surface area contributed by atoms with Crippen LogP contribution in [0.25, 0.3) is 0 Å². The lowest BCUT2D eigenvalue weighted by Gasteiger charge is -2.32. The van der Waals surface area contributed by atoms with E-state index in [-0.39, 0.29) is 42.9 Å². The van der Waals surface area contributed by atoms with Crippen molar-refractivity contribution in [3.8, 4) is 0 Å². The monoisotopic (exact) mass is 459 g/mol. The molecule has 0 spiro atoms. The Labute approximate surface area is 194 Å². The summed E-state index contributed by atoms with van der Waals surface area (Å²) in [4.78, 5) is 45.1. The van der Waals surface area contributed by atoms with Gasteiger partial charge in [-0.05, 0) is 51.8 Å². The summed E-state index contributed by atoms with van der Waals surface area (Å²) in [5.74, 6) is -1.13. The van der Waals surface area contributed by atoms with Gasteiger partial charge in [0.2, 0.25) is 17.7 Å². The summed E-state index contributed by atoms with van der Waals surface area (Å²) >= 11 is 0. The highest BCUT2D eigenvalue weighted by Crippen LogP contribution is 2.42. The van der Waals surface area contributed by atoms with Gasteiger partial charge in [-0.2, -0.15) is 0 Å². The fourth-order valence-corrected chi connectivity index (χ4v) is 4.91. The molecule has 0 unspecified atom stereocenters. The second kappa shape index (κ2) is 9.89. The molecule has 33 heavy (non-hydrogen) atoms. The van der Waals surface area contributed by atoms with E-state index < -0.39 is 17.1 Å². The van der Waals surface area contributed by atoms with Crippen LogP contribution in [-0.2, 0) is 24.5 Å². The Morgan fingerprint density at radius 1 is 1.18 bits per heavy atom. The van der Waals surface area contributed by atoms with Crippen LogP contribution in [0.4, 0.5) is 4.39 Å². The summed E-state index contributed by atoms with van der Waals surface area (Å²) in [7, 11) is 3.72. The summed E-state index contributed by atoms with van der Waals surface area (Å²) in [6, 6.07) is 6.03. The van der Waals surface area contributed by atoms with Crippen molar-refractivity contribution in [2.75, 3.05) is 46.9 Å². The molecule has 3 aliphatic rings. The second-order valence-corrected chi connectivity index (χ2v) is 9.95. The van der Waals surface area contributed by atoms with Crippen LogP contribution in [0.3, 0.4) is 0 Å². The zero-order valence-corrected chi connectivity index (χ0v) is 19.6. The first-order valence-electron chi connectivity index (χ1n) is 11.9. The first kappa shape index (κ1) is 23.8. The minimum absolute atomic E-state index is 0.00499. The highest BCUT2D eigenvalue weighted by atomic mass is 19.1. The maximum atomic E-state index is 15.0. The van der Waals surface area contributed by atoms with Gasteiger partial charge in [-0.15, -0.1) is 0 Å². The molecular weight excluding hydrogens is 425 g/mol. The average Bonchev–Trinajstić information content (AvgIpc) is 3.37. The molecule has 2 saturated heterocycles. The van der Waals surface area contributed by atoms with Crippen molar-refractivity contribution in [3.63, 3.8) is 0 Å². The Hall–Kier alpha value is -2.32. The van der Waals surface area contributed by atoms with E-state index in [1.165, 1.54) is 17.0 Å². The summed E-state index contributed by atoms with van der Waals surface area (Å²) in [5, 5.41) is 0. The number of rotatable bonds is 10. The molecule has 0 bridgehead atoms. The molecule has 0 N–H and O–H groups in total. The molecule has 1 aromatic carbocycles. The van der Waals surface area contributed by atoms with E-state index in [1.807, 2.05) is 19.0 Å². The smallest absolute Gasteiger partial charge is 0.241 e. The maximum Gasteiger partial charge on any atom is 0.241 e. The maximum absolute atomic E-state index is 15.0. The Morgan fingerprint density at radius 3 is 2.58 bits per heavy atom. The van der Waals surface area contributed by atoms with Crippen molar-refractivity contribution in [1.82, 2.24) is 14.7 Å². The predicted octanol–water partition coefficient (Wildman–Crippen LogP) is 2.19. The van der Waals surface area contributed by atoms with Crippen LogP contribution in [0.5, 0.6) is 0 Å². The topological polar surface area (TPSA) is 70.2 Å². The van der Waals surface area contributed by atoms with E-state index in [9.17, 15) is 18.8 Å². The molecule has 4 rings (SSSR count). The Bertz CT molecular complexity index is 897. The number of carbonyl (C=O) groups excluding carboxylic acids is 3. The molecule has 2 aliphatic heterocycles. The molecule has 0 aromatic heterocycles. The van der Waals surface area contributed by atoms with Gasteiger partial charge < -0.3 is 14.5 Å². The molecule has 8 heteroatoms. The first-order valence-corrected chi connectivity index (χ1v) is 11.9. The number of hydrogen-bond donors (Lipinski definition) is 0. The third-order valence-corrected chi connectivity index (χ3v) is 7.00. The Balaban J connectivity index is 1.62. The number of amides is 3. The van der Waals surface area contributed by atoms with Crippen molar-refractivity contribution in [2.45, 2.75) is 50.0 Å². The third-order valence-electron chi connectivity index (χ3n) is 7.00. The van der Waals surface area contributed by atoms with Gasteiger partial charge in [0.1, 0.15) is 5.82 Å². The van der Waals surface area contributed by atoms with Crippen LogP contribution in [0.2, 0.25) is 0 Å². The number of hydrogen-bond acceptors (Lipinski definition) is 5. The normalized spacial score (nSPS) is 25.3. The number of nitrogens with zero attached hydrogens (tertiary/aromatic N) is 3. The zero-order valence-electron chi connectivity index (χ0n) is 19.6. The van der Waals surface area contributed by atoms with Crippen LogP contribution < -0.4 is 0 Å². The van der Waals surface area contributed by atoms with E-state index in [2.05, 4.69) is 0 Å². The zero-order chi connectivity index (χ0) is 23.6. The minimum atomic E-state index is -1.51. The largest absolute Gasteiger partial charge is 0.376 e. The van der Waals surface area contributed by atoms with E-state index in [1.54, 1.807) is 17.0 Å². The summed E-state index contributed by atoms with van der Waals surface area (Å²) in [6.45, 7) is 2.53. The molecular formula is C25H34FN3O4. The van der Waals surface area contributed by atoms with Crippen molar-refractivity contribution in [3.05, 3.63) is 35.6 Å². The highest BCUT2D eigenvalue weighted by Gasteiger charge is 2.55. The van der Waals surface area contributed by atoms with Gasteiger partial charge in [-0.25, -0.2) is 4.39 Å². The highest BCUT2D eigenvalue weighted by molar-refractivity contribution is 6.10. The number of benzene rings is 1. The van der Waals surface area contributed by atoms with E-state index >= 15 is 0 Å². The van der Waals surface area contributed by atoms with Gasteiger partial charge in [0.15, 0.2) is 0 Å². The van der Waals surface area contributed by atoms with Crippen LogP contribution in [0.1, 0.15) is 44.1 Å². The standard InChI is InChI=1S/C25H34FN3O4/c1-27(2)11-12-29-23(31)15-25(24(29)32,20-7-3-4-8-21(20)26)14-22(30)28(16-18-9-10-18)17-19-6-5-13-33-19/h3-4,7-8,18-19H,5-6,9-17H2,1-2H3/t19-,25+/m0/s1. The first-order chi connectivity index (χ1) is 15.8. The average molecular weight is 460 g/mol. The van der Waals surface area contributed by atoms with E-state index in [4.69, 9.17) is 4.74 Å². The van der Waals surface area contributed by atoms with Gasteiger partial charge in [0, 0.05) is 51.2 Å². The van der Waals surface area contributed by atoms with Crippen LogP contribution in [-0.4, -0.2) is 85.4 Å². The molecule has 2 atom stereocenters. The minimum Gasteiger partial charge on any atom is -0.376 e. The van der Waals surface area contributed by atoms with Gasteiger partial charge >= 0.3 is 0 Å². The molecule has 1 aliphatic carbocycles. The molecule has 3 fully saturated rings. The molecule has 180 valence electrons. The van der Waals surface area contributed by atoms with Gasteiger partial charge in [-0.1, -0.05) is 18.2 Å². The SMILES string of the molecule is CN(C)CCN1C(=O)C[C@](CC(=O)N(CC2CC2)C[C@@H]2CCCO2)(c2ccccc2F)C1=O. The predicted molar refractivity (Wildman–Crippen MR) is 121 cm³/mol. The van der Waals surface area contributed by atoms with E-state index in [0.29, 0.717) is 32.2 Å². The van der Waals surface area contributed by atoms with Crippen LogP contribution in [0, 0.1) is 11.7 Å². The summed E-state index contributed by atoms with van der Waals surface area (Å²) in [5.41, 5.74) is -1.38. The number of likely N-dealkylation sites (N-methyl/N-ethyl adjacent to an activating group) is 1. The number of carbonyl (C=O) groups is 3. The van der Waals surface area contributed by atoms with Gasteiger partial charge in [-0.3, -0.25) is 19.3 Å². The molecule has 7 nitrogen and oxygen atoms in total. The fourth-order valence-electron chi connectivity index (χ4n) is 4.91. The lowest BCUT2D eigenvalue weighted by Crippen LogP contribution is -2.46. The molecule has 1 saturated carbocycles. The summed E-state index contributed by atoms with van der Waals surface area (Å²) < 4.78 is 20.7. The van der Waals surface area contributed by atoms with Crippen molar-refractivity contribution in [2.24, 2.45) is 5.92 Å². The Morgan fingerprint density at radius 2 is 1.94 bits per heavy atom. The van der Waals surface area contributed by atoms with Crippen molar-refractivity contribution >= 4 is 17.7 Å². The lowest BCUT2D eigenvalue weighted by atomic mass is 9.75. The molecule has 1 aromatic rings. The number of likely N-dealkylation sites (tertiary alicyclic amines) is 1. The summed E-state index contributed by atoms with van der Waals surface area (Å²) in [6.07, 6.45) is 3.65. The lowest BCUT2D eigenvalue weighted by molar-refractivity contribution is -0.143. The number of imide groups is 1. The van der Waals surface area contributed by atoms with Crippen LogP contribution in [0.15, 0.2) is 24.3 Å². The Kier molecular flexibility index (Phi) is 7.14. The van der Waals surface area contributed by atoms with Crippen molar-refractivity contribution in [1.29, 1.82) is 0 Å². The number of halogens is 1. The quantitative estimate of drug-likeness (QED) is 0.502. The third kappa shape index (κ3) is 5.27. The van der Waals surface area contributed by atoms with E-state index in [0.717, 1.165) is 25.7 Å². The molecule has 3 amide bonds. The second-order valence-electron chi connectivity index (χ2n) is 9.95. The van der Waals surface area contributed by atoms with Crippen LogP contribution >= 0.6 is 0 Å². The van der Waals surface area contributed by atoms with Gasteiger partial charge in [0.05, 0.1) is 11.5 Å². The van der Waals surface area contributed by atoms with Crippen molar-refractivity contribution < 1.29 is 23.5 Å². The van der Waals surface area contributed by atoms with Gasteiger partial charge in [0.25, 0.3) is 0 Å².